The van der Waals surface area contributed by atoms with Crippen molar-refractivity contribution in [2.24, 2.45) is 5.16 Å². The molecule has 0 aliphatic carbocycles. The zero-order valence-corrected chi connectivity index (χ0v) is 13.9. The van der Waals surface area contributed by atoms with Gasteiger partial charge in [0.2, 0.25) is 0 Å². The van der Waals surface area contributed by atoms with Crippen LogP contribution >= 0.6 is 11.3 Å². The fourth-order valence-electron chi connectivity index (χ4n) is 2.15. The predicted molar refractivity (Wildman–Crippen MR) is 94.3 cm³/mol. The highest BCUT2D eigenvalue weighted by Crippen LogP contribution is 2.26. The van der Waals surface area contributed by atoms with Crippen molar-refractivity contribution in [2.75, 3.05) is 7.11 Å². The van der Waals surface area contributed by atoms with Crippen LogP contribution in [0.25, 0.3) is 10.6 Å². The molecule has 0 fully saturated rings. The minimum absolute atomic E-state index is 0.381. The van der Waals surface area contributed by atoms with Crippen LogP contribution in [-0.4, -0.2) is 23.5 Å². The number of hydrogen-bond donors (Lipinski definition) is 1. The Morgan fingerprint density at radius 1 is 1.17 bits per heavy atom. The summed E-state index contributed by atoms with van der Waals surface area (Å²) in [6, 6.07) is 15.1. The molecule has 122 valence electrons. The minimum Gasteiger partial charge on any atom is -0.497 e. The van der Waals surface area contributed by atoms with Crippen LogP contribution in [0.2, 0.25) is 0 Å². The van der Waals surface area contributed by atoms with Gasteiger partial charge in [-0.05, 0) is 42.0 Å². The van der Waals surface area contributed by atoms with Crippen molar-refractivity contribution in [1.29, 1.82) is 0 Å². The van der Waals surface area contributed by atoms with Crippen LogP contribution < -0.4 is 9.47 Å². The number of thiazole rings is 1. The summed E-state index contributed by atoms with van der Waals surface area (Å²) in [4.78, 5) is 4.60. The minimum atomic E-state index is 0.381. The third-order valence-electron chi connectivity index (χ3n) is 3.34. The summed E-state index contributed by atoms with van der Waals surface area (Å²) in [7, 11) is 1.65. The topological polar surface area (TPSA) is 63.9 Å². The lowest BCUT2D eigenvalue weighted by molar-refractivity contribution is 0.302. The molecule has 0 atom stereocenters. The molecule has 3 rings (SSSR count). The second kappa shape index (κ2) is 7.61. The van der Waals surface area contributed by atoms with Crippen LogP contribution in [0.4, 0.5) is 0 Å². The summed E-state index contributed by atoms with van der Waals surface area (Å²) in [5, 5.41) is 14.5. The van der Waals surface area contributed by atoms with Gasteiger partial charge in [0.25, 0.3) is 0 Å². The van der Waals surface area contributed by atoms with E-state index in [-0.39, 0.29) is 0 Å². The van der Waals surface area contributed by atoms with Crippen LogP contribution in [0.15, 0.2) is 59.1 Å². The van der Waals surface area contributed by atoms with Crippen LogP contribution in [-0.2, 0) is 6.61 Å². The van der Waals surface area contributed by atoms with Crippen LogP contribution in [0.1, 0.15) is 11.3 Å². The lowest BCUT2D eigenvalue weighted by Crippen LogP contribution is -1.96. The molecular weight excluding hydrogens is 324 g/mol. The molecule has 0 aliphatic heterocycles. The Morgan fingerprint density at radius 3 is 2.75 bits per heavy atom. The Balaban J connectivity index is 1.66. The van der Waals surface area contributed by atoms with Crippen LogP contribution in [0.5, 0.6) is 11.5 Å². The number of aromatic nitrogens is 1. The number of methoxy groups -OCH3 is 1. The molecule has 0 saturated carbocycles. The Morgan fingerprint density at radius 2 is 2.00 bits per heavy atom. The number of hydrogen-bond acceptors (Lipinski definition) is 6. The van der Waals surface area contributed by atoms with Gasteiger partial charge in [-0.1, -0.05) is 17.3 Å². The molecule has 0 aliphatic rings. The lowest BCUT2D eigenvalue weighted by Gasteiger charge is -2.04. The van der Waals surface area contributed by atoms with Crippen LogP contribution in [0, 0.1) is 0 Å². The van der Waals surface area contributed by atoms with E-state index in [1.807, 2.05) is 47.8 Å². The molecule has 6 heteroatoms. The summed E-state index contributed by atoms with van der Waals surface area (Å²) in [6.07, 6.45) is 1.36. The number of nitrogens with zero attached hydrogens (tertiary/aromatic N) is 2. The fourth-order valence-corrected chi connectivity index (χ4v) is 2.96. The fraction of sp³-hybridized carbons (Fsp3) is 0.111. The first kappa shape index (κ1) is 16.0. The van der Waals surface area contributed by atoms with Crippen molar-refractivity contribution < 1.29 is 14.7 Å². The van der Waals surface area contributed by atoms with E-state index in [1.165, 1.54) is 6.21 Å². The monoisotopic (exact) mass is 340 g/mol. The van der Waals surface area contributed by atoms with Gasteiger partial charge in [0, 0.05) is 10.9 Å². The number of oxime groups is 1. The maximum absolute atomic E-state index is 8.57. The van der Waals surface area contributed by atoms with E-state index in [0.717, 1.165) is 27.6 Å². The first-order chi connectivity index (χ1) is 11.8. The van der Waals surface area contributed by atoms with Crippen molar-refractivity contribution >= 4 is 17.6 Å². The molecule has 3 aromatic rings. The first-order valence-electron chi connectivity index (χ1n) is 7.27. The average Bonchev–Trinajstić information content (AvgIpc) is 3.10. The van der Waals surface area contributed by atoms with Gasteiger partial charge < -0.3 is 14.7 Å². The van der Waals surface area contributed by atoms with E-state index >= 15 is 0 Å². The van der Waals surface area contributed by atoms with Gasteiger partial charge in [0.15, 0.2) is 0 Å². The molecule has 0 bridgehead atoms. The third kappa shape index (κ3) is 3.91. The maximum Gasteiger partial charge on any atom is 0.131 e. The van der Waals surface area contributed by atoms with E-state index in [0.29, 0.717) is 12.4 Å². The van der Waals surface area contributed by atoms with Gasteiger partial charge in [0.1, 0.15) is 23.1 Å². The van der Waals surface area contributed by atoms with Crippen molar-refractivity contribution in [3.05, 3.63) is 65.2 Å². The zero-order valence-electron chi connectivity index (χ0n) is 13.0. The quantitative estimate of drug-likeness (QED) is 0.415. The van der Waals surface area contributed by atoms with E-state index in [9.17, 15) is 0 Å². The molecule has 0 radical (unpaired) electrons. The van der Waals surface area contributed by atoms with Crippen molar-refractivity contribution in [1.82, 2.24) is 4.98 Å². The predicted octanol–water partition coefficient (Wildman–Crippen LogP) is 4.21. The number of benzene rings is 2. The second-order valence-electron chi connectivity index (χ2n) is 4.98. The van der Waals surface area contributed by atoms with Crippen LogP contribution in [0.3, 0.4) is 0 Å². The molecule has 5 nitrogen and oxygen atoms in total. The summed E-state index contributed by atoms with van der Waals surface area (Å²) in [5.41, 5.74) is 2.69. The highest BCUT2D eigenvalue weighted by molar-refractivity contribution is 7.13. The van der Waals surface area contributed by atoms with Crippen molar-refractivity contribution in [3.63, 3.8) is 0 Å². The van der Waals surface area contributed by atoms with Gasteiger partial charge in [-0.2, -0.15) is 0 Å². The van der Waals surface area contributed by atoms with Gasteiger partial charge in [-0.3, -0.25) is 0 Å². The van der Waals surface area contributed by atoms with Gasteiger partial charge in [-0.25, -0.2) is 4.98 Å². The Kier molecular flexibility index (Phi) is 5.08. The molecule has 0 amide bonds. The second-order valence-corrected chi connectivity index (χ2v) is 5.84. The van der Waals surface area contributed by atoms with E-state index in [4.69, 9.17) is 14.7 Å². The molecule has 1 aromatic heterocycles. The molecule has 2 aromatic carbocycles. The van der Waals surface area contributed by atoms with E-state index in [1.54, 1.807) is 24.5 Å². The molecule has 1 N–H and O–H groups in total. The Labute approximate surface area is 143 Å². The smallest absolute Gasteiger partial charge is 0.131 e. The summed E-state index contributed by atoms with van der Waals surface area (Å²) < 4.78 is 10.9. The van der Waals surface area contributed by atoms with Crippen molar-refractivity contribution in [2.45, 2.75) is 6.61 Å². The van der Waals surface area contributed by atoms with E-state index in [2.05, 4.69) is 10.1 Å². The zero-order chi connectivity index (χ0) is 16.8. The van der Waals surface area contributed by atoms with E-state index < -0.39 is 0 Å². The summed E-state index contributed by atoms with van der Waals surface area (Å²) in [5.74, 6) is 1.52. The SMILES string of the molecule is COc1ccc(-c2nc(COc3cccc(/C=N/O)c3)cs2)cc1. The molecular formula is C18H16N2O3S. The normalized spacial score (nSPS) is 10.9. The third-order valence-corrected chi connectivity index (χ3v) is 4.28. The summed E-state index contributed by atoms with van der Waals surface area (Å²) >= 11 is 1.58. The van der Waals surface area contributed by atoms with Gasteiger partial charge >= 0.3 is 0 Å². The standard InChI is InChI=1S/C18H16N2O3S/c1-22-16-7-5-14(6-8-16)18-20-15(12-24-18)11-23-17-4-2-3-13(9-17)10-19-21/h2-10,12,21H,11H2,1H3/b19-10+. The Hall–Kier alpha value is -2.86. The molecule has 0 saturated heterocycles. The highest BCUT2D eigenvalue weighted by atomic mass is 32.1. The van der Waals surface area contributed by atoms with Gasteiger partial charge in [-0.15, -0.1) is 11.3 Å². The number of ether oxygens (including phenoxy) is 2. The number of rotatable bonds is 6. The highest BCUT2D eigenvalue weighted by Gasteiger charge is 2.06. The lowest BCUT2D eigenvalue weighted by atomic mass is 10.2. The summed E-state index contributed by atoms with van der Waals surface area (Å²) in [6.45, 7) is 0.381. The van der Waals surface area contributed by atoms with Gasteiger partial charge in [0.05, 0.1) is 19.0 Å². The van der Waals surface area contributed by atoms with Crippen molar-refractivity contribution in [3.8, 4) is 22.1 Å². The largest absolute Gasteiger partial charge is 0.497 e. The molecule has 24 heavy (non-hydrogen) atoms. The maximum atomic E-state index is 8.57. The molecule has 1 heterocycles. The average molecular weight is 340 g/mol. The Bertz CT molecular complexity index is 828. The first-order valence-corrected chi connectivity index (χ1v) is 8.15. The molecule has 0 spiro atoms. The molecule has 0 unspecified atom stereocenters.